The molecule has 0 aliphatic carbocycles. The van der Waals surface area contributed by atoms with E-state index >= 15 is 0 Å². The number of hydrogen-bond donors (Lipinski definition) is 0. The van der Waals surface area contributed by atoms with Crippen LogP contribution in [0.3, 0.4) is 0 Å². The molecule has 2 heterocycles. The minimum absolute atomic E-state index is 0.828. The minimum atomic E-state index is 0.828. The SMILES string of the molecule is COc1ccc(Cn2ccc3c(-c4ccco4)cccc32)cc1. The van der Waals surface area contributed by atoms with Gasteiger partial charge in [-0.2, -0.15) is 0 Å². The predicted molar refractivity (Wildman–Crippen MR) is 91.7 cm³/mol. The van der Waals surface area contributed by atoms with Crippen molar-refractivity contribution in [1.82, 2.24) is 4.57 Å². The molecule has 0 fully saturated rings. The lowest BCUT2D eigenvalue weighted by atomic mass is 10.1. The molecule has 0 aliphatic heterocycles. The van der Waals surface area contributed by atoms with E-state index in [1.807, 2.05) is 24.3 Å². The monoisotopic (exact) mass is 303 g/mol. The van der Waals surface area contributed by atoms with Crippen LogP contribution in [0.15, 0.2) is 77.5 Å². The van der Waals surface area contributed by atoms with Crippen LogP contribution >= 0.6 is 0 Å². The maximum Gasteiger partial charge on any atom is 0.134 e. The van der Waals surface area contributed by atoms with Crippen LogP contribution in [0.5, 0.6) is 5.75 Å². The summed E-state index contributed by atoms with van der Waals surface area (Å²) in [5.74, 6) is 1.78. The molecule has 0 spiro atoms. The first-order chi connectivity index (χ1) is 11.3. The Morgan fingerprint density at radius 2 is 1.83 bits per heavy atom. The molecule has 0 aliphatic rings. The number of furan rings is 1. The lowest BCUT2D eigenvalue weighted by Gasteiger charge is -2.08. The van der Waals surface area contributed by atoms with Gasteiger partial charge in [0.05, 0.1) is 13.4 Å². The summed E-state index contributed by atoms with van der Waals surface area (Å²) in [6.45, 7) is 0.828. The van der Waals surface area contributed by atoms with Crippen molar-refractivity contribution in [2.45, 2.75) is 6.54 Å². The van der Waals surface area contributed by atoms with Gasteiger partial charge in [-0.3, -0.25) is 0 Å². The molecule has 2 aromatic heterocycles. The molecule has 0 saturated heterocycles. The van der Waals surface area contributed by atoms with Crippen molar-refractivity contribution in [3.05, 3.63) is 78.7 Å². The van der Waals surface area contributed by atoms with Gasteiger partial charge in [0.1, 0.15) is 11.5 Å². The van der Waals surface area contributed by atoms with Gasteiger partial charge in [-0.1, -0.05) is 24.3 Å². The van der Waals surface area contributed by atoms with Gasteiger partial charge in [0.2, 0.25) is 0 Å². The number of aromatic nitrogens is 1. The summed E-state index contributed by atoms with van der Waals surface area (Å²) in [6, 6.07) is 20.6. The molecule has 0 bridgehead atoms. The van der Waals surface area contributed by atoms with Gasteiger partial charge >= 0.3 is 0 Å². The van der Waals surface area contributed by atoms with E-state index < -0.39 is 0 Å². The van der Waals surface area contributed by atoms with Crippen LogP contribution in [0.1, 0.15) is 5.56 Å². The number of ether oxygens (including phenoxy) is 1. The summed E-state index contributed by atoms with van der Waals surface area (Å²) in [7, 11) is 1.69. The van der Waals surface area contributed by atoms with E-state index in [-0.39, 0.29) is 0 Å². The van der Waals surface area contributed by atoms with Crippen molar-refractivity contribution in [1.29, 1.82) is 0 Å². The molecular weight excluding hydrogens is 286 g/mol. The molecule has 4 rings (SSSR count). The van der Waals surface area contributed by atoms with Gasteiger partial charge in [-0.25, -0.2) is 0 Å². The van der Waals surface area contributed by atoms with Crippen molar-refractivity contribution in [2.24, 2.45) is 0 Å². The van der Waals surface area contributed by atoms with Gasteiger partial charge in [0.15, 0.2) is 0 Å². The highest BCUT2D eigenvalue weighted by atomic mass is 16.5. The molecule has 0 atom stereocenters. The highest BCUT2D eigenvalue weighted by molar-refractivity contribution is 5.94. The highest BCUT2D eigenvalue weighted by Crippen LogP contribution is 2.30. The van der Waals surface area contributed by atoms with Gasteiger partial charge in [-0.05, 0) is 42.0 Å². The van der Waals surface area contributed by atoms with Crippen molar-refractivity contribution < 1.29 is 9.15 Å². The number of rotatable bonds is 4. The summed E-state index contributed by atoms with van der Waals surface area (Å²) in [6.07, 6.45) is 3.84. The van der Waals surface area contributed by atoms with E-state index in [0.29, 0.717) is 0 Å². The van der Waals surface area contributed by atoms with E-state index in [9.17, 15) is 0 Å². The fraction of sp³-hybridized carbons (Fsp3) is 0.100. The lowest BCUT2D eigenvalue weighted by molar-refractivity contribution is 0.414. The number of hydrogen-bond acceptors (Lipinski definition) is 2. The first kappa shape index (κ1) is 13.7. The number of nitrogens with zero attached hydrogens (tertiary/aromatic N) is 1. The Labute approximate surface area is 134 Å². The fourth-order valence-electron chi connectivity index (χ4n) is 2.94. The maximum absolute atomic E-state index is 5.56. The van der Waals surface area contributed by atoms with Gasteiger partial charge < -0.3 is 13.7 Å². The van der Waals surface area contributed by atoms with Crippen LogP contribution in [0.2, 0.25) is 0 Å². The smallest absolute Gasteiger partial charge is 0.134 e. The zero-order chi connectivity index (χ0) is 15.6. The van der Waals surface area contributed by atoms with E-state index in [0.717, 1.165) is 23.6 Å². The van der Waals surface area contributed by atoms with Gasteiger partial charge in [-0.15, -0.1) is 0 Å². The Kier molecular flexibility index (Phi) is 3.39. The van der Waals surface area contributed by atoms with Crippen molar-refractivity contribution in [2.75, 3.05) is 7.11 Å². The summed E-state index contributed by atoms with van der Waals surface area (Å²) in [5.41, 5.74) is 3.57. The Bertz CT molecular complexity index is 918. The zero-order valence-electron chi connectivity index (χ0n) is 12.9. The van der Waals surface area contributed by atoms with Crippen LogP contribution < -0.4 is 4.74 Å². The third kappa shape index (κ3) is 2.50. The standard InChI is InChI=1S/C20H17NO2/c1-22-16-9-7-15(8-10-16)14-21-12-11-17-18(4-2-5-19(17)21)20-6-3-13-23-20/h2-13H,14H2,1H3. The van der Waals surface area contributed by atoms with Crippen molar-refractivity contribution >= 4 is 10.9 Å². The molecule has 3 nitrogen and oxygen atoms in total. The molecule has 0 unspecified atom stereocenters. The fourth-order valence-corrected chi connectivity index (χ4v) is 2.94. The molecule has 2 aromatic carbocycles. The summed E-state index contributed by atoms with van der Waals surface area (Å²) < 4.78 is 13.0. The largest absolute Gasteiger partial charge is 0.497 e. The quantitative estimate of drug-likeness (QED) is 0.533. The van der Waals surface area contributed by atoms with Gasteiger partial charge in [0, 0.05) is 29.2 Å². The Morgan fingerprint density at radius 1 is 0.957 bits per heavy atom. The Morgan fingerprint density at radius 3 is 2.57 bits per heavy atom. The predicted octanol–water partition coefficient (Wildman–Crippen LogP) is 4.96. The average Bonchev–Trinajstić information content (AvgIpc) is 3.26. The van der Waals surface area contributed by atoms with Crippen molar-refractivity contribution in [3.63, 3.8) is 0 Å². The minimum Gasteiger partial charge on any atom is -0.497 e. The number of methoxy groups -OCH3 is 1. The number of fused-ring (bicyclic) bond motifs is 1. The zero-order valence-corrected chi connectivity index (χ0v) is 12.9. The molecule has 0 radical (unpaired) electrons. The lowest BCUT2D eigenvalue weighted by Crippen LogP contribution is -1.97. The average molecular weight is 303 g/mol. The first-order valence-electron chi connectivity index (χ1n) is 7.60. The third-order valence-corrected chi connectivity index (χ3v) is 4.11. The van der Waals surface area contributed by atoms with Crippen LogP contribution in [0.25, 0.3) is 22.2 Å². The molecule has 114 valence electrons. The van der Waals surface area contributed by atoms with Gasteiger partial charge in [0.25, 0.3) is 0 Å². The molecule has 0 N–H and O–H groups in total. The Hall–Kier alpha value is -2.94. The highest BCUT2D eigenvalue weighted by Gasteiger charge is 2.09. The second-order valence-corrected chi connectivity index (χ2v) is 5.51. The van der Waals surface area contributed by atoms with Crippen molar-refractivity contribution in [3.8, 4) is 17.1 Å². The maximum atomic E-state index is 5.56. The summed E-state index contributed by atoms with van der Waals surface area (Å²) in [5, 5.41) is 1.20. The third-order valence-electron chi connectivity index (χ3n) is 4.11. The summed E-state index contributed by atoms with van der Waals surface area (Å²) >= 11 is 0. The van der Waals surface area contributed by atoms with Crippen LogP contribution in [-0.2, 0) is 6.54 Å². The van der Waals surface area contributed by atoms with Crippen LogP contribution in [0, 0.1) is 0 Å². The van der Waals surface area contributed by atoms with E-state index in [2.05, 4.69) is 47.2 Å². The molecule has 3 heteroatoms. The second-order valence-electron chi connectivity index (χ2n) is 5.51. The first-order valence-corrected chi connectivity index (χ1v) is 7.60. The molecule has 23 heavy (non-hydrogen) atoms. The number of benzene rings is 2. The second kappa shape index (κ2) is 5.69. The topological polar surface area (TPSA) is 27.3 Å². The van der Waals surface area contributed by atoms with E-state index in [1.54, 1.807) is 13.4 Å². The summed E-state index contributed by atoms with van der Waals surface area (Å²) in [4.78, 5) is 0. The molecule has 0 amide bonds. The van der Waals surface area contributed by atoms with Crippen LogP contribution in [0.4, 0.5) is 0 Å². The van der Waals surface area contributed by atoms with E-state index in [1.165, 1.54) is 16.5 Å². The normalized spacial score (nSPS) is 11.0. The molecule has 4 aromatic rings. The molecular formula is C20H17NO2. The van der Waals surface area contributed by atoms with E-state index in [4.69, 9.17) is 9.15 Å². The molecule has 0 saturated carbocycles. The van der Waals surface area contributed by atoms with Crippen LogP contribution in [-0.4, -0.2) is 11.7 Å². The Balaban J connectivity index is 1.72.